The molecular weight excluding hydrogens is 232 g/mol. The number of furan rings is 1. The third kappa shape index (κ3) is 2.16. The van der Waals surface area contributed by atoms with Gasteiger partial charge >= 0.3 is 0 Å². The summed E-state index contributed by atoms with van der Waals surface area (Å²) in [5, 5.41) is 4.17. The first-order valence-corrected chi connectivity index (χ1v) is 5.87. The van der Waals surface area contributed by atoms with Crippen molar-refractivity contribution in [2.75, 3.05) is 7.11 Å². The van der Waals surface area contributed by atoms with E-state index in [2.05, 4.69) is 5.10 Å². The molecule has 0 unspecified atom stereocenters. The molecule has 0 aliphatic rings. The van der Waals surface area contributed by atoms with E-state index in [0.717, 1.165) is 6.42 Å². The lowest BCUT2D eigenvalue weighted by Crippen LogP contribution is -2.12. The molecule has 0 saturated heterocycles. The number of ether oxygens (including phenoxy) is 1. The zero-order valence-electron chi connectivity index (χ0n) is 10.8. The maximum atomic E-state index is 12.4. The molecule has 18 heavy (non-hydrogen) atoms. The molecule has 5 heteroatoms. The monoisotopic (exact) mass is 248 g/mol. The molecule has 0 spiro atoms. The van der Waals surface area contributed by atoms with Crippen molar-refractivity contribution in [3.05, 3.63) is 35.5 Å². The van der Waals surface area contributed by atoms with Gasteiger partial charge in [0.25, 0.3) is 0 Å². The quantitative estimate of drug-likeness (QED) is 0.762. The Morgan fingerprint density at radius 3 is 2.89 bits per heavy atom. The van der Waals surface area contributed by atoms with Gasteiger partial charge in [-0.2, -0.15) is 5.10 Å². The van der Waals surface area contributed by atoms with Crippen LogP contribution in [0.1, 0.15) is 35.2 Å². The van der Waals surface area contributed by atoms with Crippen LogP contribution in [0.25, 0.3) is 0 Å². The number of aromatic nitrogens is 2. The number of hydrogen-bond acceptors (Lipinski definition) is 4. The van der Waals surface area contributed by atoms with Gasteiger partial charge in [-0.05, 0) is 19.4 Å². The number of carbonyl (C=O) groups is 1. The van der Waals surface area contributed by atoms with E-state index in [-0.39, 0.29) is 5.78 Å². The van der Waals surface area contributed by atoms with Crippen molar-refractivity contribution in [2.24, 2.45) is 0 Å². The molecule has 0 saturated carbocycles. The van der Waals surface area contributed by atoms with Crippen LogP contribution in [0.4, 0.5) is 0 Å². The summed E-state index contributed by atoms with van der Waals surface area (Å²) in [6.07, 6.45) is 3.92. The molecule has 0 aromatic carbocycles. The van der Waals surface area contributed by atoms with Crippen molar-refractivity contribution < 1.29 is 13.9 Å². The number of ketones is 1. The third-order valence-corrected chi connectivity index (χ3v) is 2.67. The largest absolute Gasteiger partial charge is 0.493 e. The number of hydrogen-bond donors (Lipinski definition) is 0. The van der Waals surface area contributed by atoms with Gasteiger partial charge in [0.1, 0.15) is 12.0 Å². The predicted octanol–water partition coefficient (Wildman–Crippen LogP) is 2.43. The highest BCUT2D eigenvalue weighted by Crippen LogP contribution is 2.22. The zero-order valence-corrected chi connectivity index (χ0v) is 10.8. The Labute approximate surface area is 105 Å². The summed E-state index contributed by atoms with van der Waals surface area (Å²) in [4.78, 5) is 12.4. The summed E-state index contributed by atoms with van der Waals surface area (Å²) in [5.74, 6) is 1.07. The van der Waals surface area contributed by atoms with E-state index in [1.54, 1.807) is 23.9 Å². The van der Waals surface area contributed by atoms with Gasteiger partial charge in [0.05, 0.1) is 18.9 Å². The molecule has 0 amide bonds. The van der Waals surface area contributed by atoms with Gasteiger partial charge in [-0.15, -0.1) is 0 Å². The van der Waals surface area contributed by atoms with E-state index < -0.39 is 0 Å². The molecule has 0 N–H and O–H groups in total. The summed E-state index contributed by atoms with van der Waals surface area (Å²) in [6, 6.07) is 1.71. The van der Waals surface area contributed by atoms with Crippen LogP contribution < -0.4 is 4.74 Å². The molecule has 2 aromatic heterocycles. The van der Waals surface area contributed by atoms with Crippen LogP contribution in [0.2, 0.25) is 0 Å². The van der Waals surface area contributed by atoms with Gasteiger partial charge in [-0.3, -0.25) is 9.48 Å². The minimum atomic E-state index is -0.130. The number of methoxy groups -OCH3 is 1. The van der Waals surface area contributed by atoms with Crippen molar-refractivity contribution in [2.45, 2.75) is 26.8 Å². The van der Waals surface area contributed by atoms with Gasteiger partial charge in [0.15, 0.2) is 11.4 Å². The Bertz CT molecular complexity index is 554. The summed E-state index contributed by atoms with van der Waals surface area (Å²) < 4.78 is 12.0. The van der Waals surface area contributed by atoms with Crippen LogP contribution in [0.3, 0.4) is 0 Å². The predicted molar refractivity (Wildman–Crippen MR) is 65.9 cm³/mol. The van der Waals surface area contributed by atoms with Crippen LogP contribution in [-0.4, -0.2) is 22.7 Å². The second-order valence-electron chi connectivity index (χ2n) is 4.06. The maximum absolute atomic E-state index is 12.4. The standard InChI is InChI=1S/C13H16N2O3/c1-4-5-15-12(11(17-3)7-14-15)13(16)10-6-9(2)18-8-10/h6-8H,4-5H2,1-3H3. The summed E-state index contributed by atoms with van der Waals surface area (Å²) in [5.41, 5.74) is 0.990. The van der Waals surface area contributed by atoms with Gasteiger partial charge in [0.2, 0.25) is 5.78 Å². The van der Waals surface area contributed by atoms with Gasteiger partial charge in [-0.25, -0.2) is 0 Å². The van der Waals surface area contributed by atoms with Crippen LogP contribution in [0.5, 0.6) is 5.75 Å². The summed E-state index contributed by atoms with van der Waals surface area (Å²) >= 11 is 0. The van der Waals surface area contributed by atoms with Crippen LogP contribution in [0, 0.1) is 6.92 Å². The molecule has 2 aromatic rings. The van der Waals surface area contributed by atoms with Crippen molar-refractivity contribution in [3.63, 3.8) is 0 Å². The number of nitrogens with zero attached hydrogens (tertiary/aromatic N) is 2. The average molecular weight is 248 g/mol. The van der Waals surface area contributed by atoms with Crippen molar-refractivity contribution in [1.82, 2.24) is 9.78 Å². The first-order chi connectivity index (χ1) is 8.67. The molecule has 0 aliphatic carbocycles. The van der Waals surface area contributed by atoms with Crippen LogP contribution in [0.15, 0.2) is 22.9 Å². The minimum absolute atomic E-state index is 0.130. The lowest BCUT2D eigenvalue weighted by Gasteiger charge is -2.05. The van der Waals surface area contributed by atoms with Crippen LogP contribution >= 0.6 is 0 Å². The molecule has 2 heterocycles. The van der Waals surface area contributed by atoms with Gasteiger partial charge in [-0.1, -0.05) is 6.92 Å². The molecule has 0 fully saturated rings. The second kappa shape index (κ2) is 5.08. The van der Waals surface area contributed by atoms with Crippen molar-refractivity contribution in [1.29, 1.82) is 0 Å². The highest BCUT2D eigenvalue weighted by Gasteiger charge is 2.21. The fraction of sp³-hybridized carbons (Fsp3) is 0.385. The van der Waals surface area contributed by atoms with E-state index in [1.165, 1.54) is 13.4 Å². The van der Waals surface area contributed by atoms with E-state index >= 15 is 0 Å². The molecule has 0 bridgehead atoms. The SMILES string of the molecule is CCCn1ncc(OC)c1C(=O)c1coc(C)c1. The highest BCUT2D eigenvalue weighted by atomic mass is 16.5. The third-order valence-electron chi connectivity index (χ3n) is 2.67. The summed E-state index contributed by atoms with van der Waals surface area (Å²) in [7, 11) is 1.53. The Hall–Kier alpha value is -2.04. The fourth-order valence-corrected chi connectivity index (χ4v) is 1.83. The van der Waals surface area contributed by atoms with Crippen LogP contribution in [-0.2, 0) is 6.54 Å². The molecule has 2 rings (SSSR count). The average Bonchev–Trinajstić information content (AvgIpc) is 2.95. The Balaban J connectivity index is 2.42. The molecular formula is C13H16N2O3. The Morgan fingerprint density at radius 2 is 2.33 bits per heavy atom. The molecule has 0 radical (unpaired) electrons. The Kier molecular flexibility index (Phi) is 3.50. The summed E-state index contributed by atoms with van der Waals surface area (Å²) in [6.45, 7) is 4.52. The normalized spacial score (nSPS) is 10.6. The maximum Gasteiger partial charge on any atom is 0.218 e. The lowest BCUT2D eigenvalue weighted by molar-refractivity contribution is 0.102. The number of carbonyl (C=O) groups excluding carboxylic acids is 1. The molecule has 0 atom stereocenters. The first-order valence-electron chi connectivity index (χ1n) is 5.87. The highest BCUT2D eigenvalue weighted by molar-refractivity contribution is 6.09. The van der Waals surface area contributed by atoms with Crippen molar-refractivity contribution >= 4 is 5.78 Å². The number of aryl methyl sites for hydroxylation is 2. The topological polar surface area (TPSA) is 57.3 Å². The van der Waals surface area contributed by atoms with E-state index in [9.17, 15) is 4.79 Å². The smallest absolute Gasteiger partial charge is 0.218 e. The lowest BCUT2D eigenvalue weighted by atomic mass is 10.1. The fourth-order valence-electron chi connectivity index (χ4n) is 1.83. The Morgan fingerprint density at radius 1 is 1.56 bits per heavy atom. The van der Waals surface area contributed by atoms with Gasteiger partial charge in [0, 0.05) is 6.54 Å². The van der Waals surface area contributed by atoms with Crippen molar-refractivity contribution in [3.8, 4) is 5.75 Å². The molecule has 0 aliphatic heterocycles. The van der Waals surface area contributed by atoms with E-state index in [1.807, 2.05) is 6.92 Å². The van der Waals surface area contributed by atoms with E-state index in [4.69, 9.17) is 9.15 Å². The molecule has 96 valence electrons. The molecule has 5 nitrogen and oxygen atoms in total. The first kappa shape index (κ1) is 12.4. The number of rotatable bonds is 5. The zero-order chi connectivity index (χ0) is 13.1. The van der Waals surface area contributed by atoms with E-state index in [0.29, 0.717) is 29.3 Å². The van der Waals surface area contributed by atoms with Gasteiger partial charge < -0.3 is 9.15 Å². The minimum Gasteiger partial charge on any atom is -0.493 e. The second-order valence-corrected chi connectivity index (χ2v) is 4.06.